The Hall–Kier alpha value is -0.0400. The third-order valence-corrected chi connectivity index (χ3v) is 1.59. The molecule has 1 N–H and O–H groups in total. The molecule has 1 aliphatic carbocycles. The van der Waals surface area contributed by atoms with E-state index >= 15 is 0 Å². The number of rotatable bonds is 2. The van der Waals surface area contributed by atoms with E-state index in [0.29, 0.717) is 0 Å². The second kappa shape index (κ2) is 2.31. The fourth-order valence-electron chi connectivity index (χ4n) is 0.825. The smallest absolute Gasteiger partial charge is 0.0465 e. The second-order valence-electron chi connectivity index (χ2n) is 2.11. The minimum Gasteiger partial charge on any atom is -0.396 e. The predicted octanol–water partition coefficient (Wildman–Crippen LogP) is 0.983. The third-order valence-electron chi connectivity index (χ3n) is 1.59. The Morgan fingerprint density at radius 2 is 2.29 bits per heavy atom. The SMILES string of the molecule is OC[CH]C1CCC1. The normalized spacial score (nSPS) is 21.9. The van der Waals surface area contributed by atoms with Crippen molar-refractivity contribution in [2.45, 2.75) is 19.3 Å². The minimum atomic E-state index is 0.269. The average Bonchev–Trinajstić information content (AvgIpc) is 1.55. The molecule has 41 valence electrons. The highest BCUT2D eigenvalue weighted by Crippen LogP contribution is 2.27. The molecule has 0 aromatic heterocycles. The molecule has 1 heteroatoms. The second-order valence-corrected chi connectivity index (χ2v) is 2.11. The van der Waals surface area contributed by atoms with Crippen LogP contribution < -0.4 is 0 Å². The molecule has 1 aliphatic rings. The van der Waals surface area contributed by atoms with Crippen molar-refractivity contribution >= 4 is 0 Å². The van der Waals surface area contributed by atoms with E-state index in [2.05, 4.69) is 0 Å². The molecule has 0 aromatic carbocycles. The van der Waals surface area contributed by atoms with Crippen molar-refractivity contribution in [3.8, 4) is 0 Å². The molecule has 0 amide bonds. The Morgan fingerprint density at radius 3 is 2.43 bits per heavy atom. The predicted molar refractivity (Wildman–Crippen MR) is 28.7 cm³/mol. The lowest BCUT2D eigenvalue weighted by Gasteiger charge is -2.23. The summed E-state index contributed by atoms with van der Waals surface area (Å²) in [6.07, 6.45) is 5.96. The highest BCUT2D eigenvalue weighted by molar-refractivity contribution is 4.81. The lowest BCUT2D eigenvalue weighted by Crippen LogP contribution is -2.12. The highest BCUT2D eigenvalue weighted by atomic mass is 16.3. The van der Waals surface area contributed by atoms with Crippen molar-refractivity contribution in [3.63, 3.8) is 0 Å². The molecule has 0 unspecified atom stereocenters. The molecule has 0 heterocycles. The molecule has 0 atom stereocenters. The van der Waals surface area contributed by atoms with Crippen LogP contribution in [-0.2, 0) is 0 Å². The molecule has 7 heavy (non-hydrogen) atoms. The van der Waals surface area contributed by atoms with Crippen LogP contribution in [0.1, 0.15) is 19.3 Å². The molecule has 0 saturated heterocycles. The standard InChI is InChI=1S/C6H11O/c7-5-4-6-2-1-3-6/h4,6-7H,1-3,5H2. The first-order chi connectivity index (χ1) is 3.43. The highest BCUT2D eigenvalue weighted by Gasteiger charge is 2.15. The molecular formula is C6H11O. The van der Waals surface area contributed by atoms with E-state index in [9.17, 15) is 0 Å². The van der Waals surface area contributed by atoms with Crippen LogP contribution in [0.2, 0.25) is 0 Å². The van der Waals surface area contributed by atoms with Gasteiger partial charge in [0, 0.05) is 6.61 Å². The first kappa shape index (κ1) is 5.10. The Labute approximate surface area is 44.4 Å². The van der Waals surface area contributed by atoms with Crippen LogP contribution in [0.3, 0.4) is 0 Å². The zero-order chi connectivity index (χ0) is 5.11. The number of hydrogen-bond acceptors (Lipinski definition) is 1. The maximum Gasteiger partial charge on any atom is 0.0465 e. The van der Waals surface area contributed by atoms with E-state index in [1.807, 2.05) is 6.42 Å². The molecule has 1 saturated carbocycles. The fourth-order valence-corrected chi connectivity index (χ4v) is 0.825. The van der Waals surface area contributed by atoms with Gasteiger partial charge in [-0.2, -0.15) is 0 Å². The molecule has 0 aromatic rings. The molecule has 1 fully saturated rings. The number of hydrogen-bond donors (Lipinski definition) is 1. The summed E-state index contributed by atoms with van der Waals surface area (Å²) in [7, 11) is 0. The average molecular weight is 99.2 g/mol. The third kappa shape index (κ3) is 1.16. The first-order valence-corrected chi connectivity index (χ1v) is 2.87. The van der Waals surface area contributed by atoms with Crippen LogP contribution in [0.5, 0.6) is 0 Å². The molecule has 0 aliphatic heterocycles. The summed E-state index contributed by atoms with van der Waals surface area (Å²) < 4.78 is 0. The van der Waals surface area contributed by atoms with Crippen molar-refractivity contribution in [2.24, 2.45) is 5.92 Å². The summed E-state index contributed by atoms with van der Waals surface area (Å²) in [6, 6.07) is 0. The van der Waals surface area contributed by atoms with Gasteiger partial charge in [-0.15, -0.1) is 0 Å². The first-order valence-electron chi connectivity index (χ1n) is 2.87. The van der Waals surface area contributed by atoms with Crippen LogP contribution >= 0.6 is 0 Å². The largest absolute Gasteiger partial charge is 0.396 e. The van der Waals surface area contributed by atoms with E-state index in [-0.39, 0.29) is 6.61 Å². The zero-order valence-electron chi connectivity index (χ0n) is 4.43. The zero-order valence-corrected chi connectivity index (χ0v) is 4.43. The Bertz CT molecular complexity index is 48.1. The van der Waals surface area contributed by atoms with E-state index < -0.39 is 0 Å². The summed E-state index contributed by atoms with van der Waals surface area (Å²) in [4.78, 5) is 0. The van der Waals surface area contributed by atoms with Crippen molar-refractivity contribution in [1.29, 1.82) is 0 Å². The molecular weight excluding hydrogens is 88.1 g/mol. The van der Waals surface area contributed by atoms with Gasteiger partial charge in [0.25, 0.3) is 0 Å². The Morgan fingerprint density at radius 1 is 1.57 bits per heavy atom. The molecule has 0 spiro atoms. The topological polar surface area (TPSA) is 20.2 Å². The van der Waals surface area contributed by atoms with Crippen LogP contribution in [0, 0.1) is 12.3 Å². The summed E-state index contributed by atoms with van der Waals surface area (Å²) in [5.41, 5.74) is 0. The number of aliphatic hydroxyl groups excluding tert-OH is 1. The number of aliphatic hydroxyl groups is 1. The van der Waals surface area contributed by atoms with Gasteiger partial charge in [-0.05, 0) is 12.3 Å². The van der Waals surface area contributed by atoms with E-state index in [1.54, 1.807) is 0 Å². The Balaban J connectivity index is 1.93. The van der Waals surface area contributed by atoms with Gasteiger partial charge in [0.2, 0.25) is 0 Å². The van der Waals surface area contributed by atoms with Gasteiger partial charge >= 0.3 is 0 Å². The summed E-state index contributed by atoms with van der Waals surface area (Å²) in [5, 5.41) is 8.35. The van der Waals surface area contributed by atoms with Crippen molar-refractivity contribution in [2.75, 3.05) is 6.61 Å². The minimum absolute atomic E-state index is 0.269. The van der Waals surface area contributed by atoms with Gasteiger partial charge < -0.3 is 5.11 Å². The lowest BCUT2D eigenvalue weighted by atomic mass is 9.83. The van der Waals surface area contributed by atoms with E-state index in [4.69, 9.17) is 5.11 Å². The summed E-state index contributed by atoms with van der Waals surface area (Å²) in [5.74, 6) is 0.755. The summed E-state index contributed by atoms with van der Waals surface area (Å²) >= 11 is 0. The van der Waals surface area contributed by atoms with Crippen molar-refractivity contribution in [1.82, 2.24) is 0 Å². The maximum atomic E-state index is 8.35. The van der Waals surface area contributed by atoms with Gasteiger partial charge in [0.15, 0.2) is 0 Å². The Kier molecular flexibility index (Phi) is 1.69. The lowest BCUT2D eigenvalue weighted by molar-refractivity contribution is 0.271. The van der Waals surface area contributed by atoms with Gasteiger partial charge in [-0.1, -0.05) is 19.3 Å². The fraction of sp³-hybridized carbons (Fsp3) is 0.833. The molecule has 0 bridgehead atoms. The van der Waals surface area contributed by atoms with Crippen molar-refractivity contribution in [3.05, 3.63) is 6.42 Å². The molecule has 1 nitrogen and oxygen atoms in total. The van der Waals surface area contributed by atoms with Gasteiger partial charge in [-0.3, -0.25) is 0 Å². The van der Waals surface area contributed by atoms with Crippen molar-refractivity contribution < 1.29 is 5.11 Å². The van der Waals surface area contributed by atoms with Crippen LogP contribution in [0.15, 0.2) is 0 Å². The van der Waals surface area contributed by atoms with E-state index in [0.717, 1.165) is 5.92 Å². The van der Waals surface area contributed by atoms with Crippen LogP contribution in [-0.4, -0.2) is 11.7 Å². The quantitative estimate of drug-likeness (QED) is 0.547. The van der Waals surface area contributed by atoms with E-state index in [1.165, 1.54) is 19.3 Å². The maximum absolute atomic E-state index is 8.35. The van der Waals surface area contributed by atoms with Crippen LogP contribution in [0.25, 0.3) is 0 Å². The molecule has 1 rings (SSSR count). The van der Waals surface area contributed by atoms with Gasteiger partial charge in [-0.25, -0.2) is 0 Å². The van der Waals surface area contributed by atoms with Crippen LogP contribution in [0.4, 0.5) is 0 Å². The summed E-state index contributed by atoms with van der Waals surface area (Å²) in [6.45, 7) is 0.269. The van der Waals surface area contributed by atoms with Gasteiger partial charge in [0.1, 0.15) is 0 Å². The molecule has 1 radical (unpaired) electrons. The van der Waals surface area contributed by atoms with Gasteiger partial charge in [0.05, 0.1) is 0 Å². The monoisotopic (exact) mass is 99.1 g/mol.